The summed E-state index contributed by atoms with van der Waals surface area (Å²) in [5, 5.41) is 2.74. The fourth-order valence-electron chi connectivity index (χ4n) is 2.33. The molecule has 1 N–H and O–H groups in total. The molecule has 0 aliphatic rings. The summed E-state index contributed by atoms with van der Waals surface area (Å²) in [5.74, 6) is 0.526. The van der Waals surface area contributed by atoms with Crippen LogP contribution in [0.2, 0.25) is 0 Å². The van der Waals surface area contributed by atoms with Gasteiger partial charge >= 0.3 is 5.97 Å². The molecule has 0 fully saturated rings. The summed E-state index contributed by atoms with van der Waals surface area (Å²) in [6.07, 6.45) is 1.79. The number of anilines is 1. The Morgan fingerprint density at radius 2 is 1.67 bits per heavy atom. The van der Waals surface area contributed by atoms with E-state index in [1.165, 1.54) is 5.56 Å². The first-order valence-electron chi connectivity index (χ1n) is 9.26. The molecule has 0 radical (unpaired) electrons. The molecule has 0 unspecified atom stereocenters. The summed E-state index contributed by atoms with van der Waals surface area (Å²) in [6, 6.07) is 14.3. The molecular formula is C22H27NO4. The fraction of sp³-hybridized carbons (Fsp3) is 0.364. The highest BCUT2D eigenvalue weighted by atomic mass is 16.5. The van der Waals surface area contributed by atoms with Crippen molar-refractivity contribution in [3.8, 4) is 5.75 Å². The minimum atomic E-state index is -0.354. The molecule has 0 saturated heterocycles. The first-order valence-corrected chi connectivity index (χ1v) is 9.26. The molecular weight excluding hydrogens is 342 g/mol. The third kappa shape index (κ3) is 7.13. The van der Waals surface area contributed by atoms with Crippen molar-refractivity contribution in [1.82, 2.24) is 0 Å². The summed E-state index contributed by atoms with van der Waals surface area (Å²) in [5.41, 5.74) is 2.28. The van der Waals surface area contributed by atoms with E-state index < -0.39 is 0 Å². The molecule has 0 aromatic heterocycles. The van der Waals surface area contributed by atoms with Gasteiger partial charge in [0.25, 0.3) is 5.91 Å². The Balaban J connectivity index is 1.79. The van der Waals surface area contributed by atoms with Gasteiger partial charge in [-0.25, -0.2) is 4.79 Å². The zero-order valence-corrected chi connectivity index (χ0v) is 16.2. The molecule has 1 amide bonds. The number of carbonyl (C=O) groups is 2. The summed E-state index contributed by atoms with van der Waals surface area (Å²) < 4.78 is 10.7. The van der Waals surface area contributed by atoms with E-state index >= 15 is 0 Å². The summed E-state index contributed by atoms with van der Waals surface area (Å²) in [7, 11) is 0. The van der Waals surface area contributed by atoms with E-state index in [1.807, 2.05) is 24.3 Å². The Morgan fingerprint density at radius 1 is 1.00 bits per heavy atom. The van der Waals surface area contributed by atoms with Crippen LogP contribution in [0.25, 0.3) is 0 Å². The average molecular weight is 369 g/mol. The maximum Gasteiger partial charge on any atom is 0.338 e. The summed E-state index contributed by atoms with van der Waals surface area (Å²) in [6.45, 7) is 6.57. The maximum atomic E-state index is 12.0. The average Bonchev–Trinajstić information content (AvgIpc) is 2.67. The predicted octanol–water partition coefficient (Wildman–Crippen LogP) is 4.47. The fourth-order valence-corrected chi connectivity index (χ4v) is 2.33. The number of hydrogen-bond acceptors (Lipinski definition) is 4. The van der Waals surface area contributed by atoms with Gasteiger partial charge in [0, 0.05) is 5.69 Å². The molecule has 2 rings (SSSR count). The normalized spacial score (nSPS) is 10.5. The number of esters is 1. The predicted molar refractivity (Wildman–Crippen MR) is 106 cm³/mol. The van der Waals surface area contributed by atoms with Crippen LogP contribution in [0.1, 0.15) is 43.1 Å². The number of carbonyl (C=O) groups excluding carboxylic acids is 2. The van der Waals surface area contributed by atoms with E-state index in [-0.39, 0.29) is 18.5 Å². The van der Waals surface area contributed by atoms with Crippen molar-refractivity contribution in [1.29, 1.82) is 0 Å². The number of ether oxygens (including phenoxy) is 2. The van der Waals surface area contributed by atoms with Gasteiger partial charge in [0.05, 0.1) is 12.2 Å². The SMILES string of the molecule is CCc1ccc(OCC(=O)Nc2ccc(C(=O)OCCC(C)C)cc2)cc1. The van der Waals surface area contributed by atoms with Gasteiger partial charge < -0.3 is 14.8 Å². The molecule has 0 aliphatic heterocycles. The molecule has 0 saturated carbocycles. The van der Waals surface area contributed by atoms with Crippen LogP contribution < -0.4 is 10.1 Å². The summed E-state index contributed by atoms with van der Waals surface area (Å²) >= 11 is 0. The number of amides is 1. The quantitative estimate of drug-likeness (QED) is 0.663. The lowest BCUT2D eigenvalue weighted by Gasteiger charge is -2.09. The largest absolute Gasteiger partial charge is 0.484 e. The lowest BCUT2D eigenvalue weighted by atomic mass is 10.1. The Bertz CT molecular complexity index is 736. The zero-order valence-electron chi connectivity index (χ0n) is 16.2. The number of hydrogen-bond donors (Lipinski definition) is 1. The van der Waals surface area contributed by atoms with Crippen LogP contribution in [-0.2, 0) is 16.0 Å². The van der Waals surface area contributed by atoms with Crippen LogP contribution in [0, 0.1) is 5.92 Å². The van der Waals surface area contributed by atoms with Crippen molar-refractivity contribution >= 4 is 17.6 Å². The summed E-state index contributed by atoms with van der Waals surface area (Å²) in [4.78, 5) is 23.9. The molecule has 5 heteroatoms. The Hall–Kier alpha value is -2.82. The van der Waals surface area contributed by atoms with Crippen LogP contribution in [0.3, 0.4) is 0 Å². The highest BCUT2D eigenvalue weighted by Crippen LogP contribution is 2.14. The van der Waals surface area contributed by atoms with Crippen molar-refractivity contribution < 1.29 is 19.1 Å². The standard InChI is InChI=1S/C22H27NO4/c1-4-17-5-11-20(12-6-17)27-15-21(24)23-19-9-7-18(8-10-19)22(25)26-14-13-16(2)3/h5-12,16H,4,13-15H2,1-3H3,(H,23,24). The molecule has 0 aliphatic carbocycles. The topological polar surface area (TPSA) is 64.6 Å². The molecule has 2 aromatic carbocycles. The second-order valence-electron chi connectivity index (χ2n) is 6.73. The lowest BCUT2D eigenvalue weighted by molar-refractivity contribution is -0.118. The number of aryl methyl sites for hydroxylation is 1. The van der Waals surface area contributed by atoms with Gasteiger partial charge in [-0.2, -0.15) is 0 Å². The molecule has 2 aromatic rings. The molecule has 0 atom stereocenters. The van der Waals surface area contributed by atoms with E-state index in [4.69, 9.17) is 9.47 Å². The highest BCUT2D eigenvalue weighted by Gasteiger charge is 2.09. The van der Waals surface area contributed by atoms with Gasteiger partial charge in [0.1, 0.15) is 5.75 Å². The van der Waals surface area contributed by atoms with Gasteiger partial charge in [0.15, 0.2) is 6.61 Å². The Morgan fingerprint density at radius 3 is 2.26 bits per heavy atom. The van der Waals surface area contributed by atoms with Crippen molar-refractivity contribution in [3.63, 3.8) is 0 Å². The third-order valence-electron chi connectivity index (χ3n) is 4.03. The van der Waals surface area contributed by atoms with Gasteiger partial charge in [-0.15, -0.1) is 0 Å². The van der Waals surface area contributed by atoms with E-state index in [0.717, 1.165) is 12.8 Å². The van der Waals surface area contributed by atoms with Crippen LogP contribution in [0.4, 0.5) is 5.69 Å². The molecule has 0 heterocycles. The lowest BCUT2D eigenvalue weighted by Crippen LogP contribution is -2.20. The molecule has 144 valence electrons. The number of nitrogens with one attached hydrogen (secondary N) is 1. The van der Waals surface area contributed by atoms with E-state index in [2.05, 4.69) is 26.1 Å². The Kier molecular flexibility index (Phi) is 7.86. The van der Waals surface area contributed by atoms with E-state index in [0.29, 0.717) is 29.5 Å². The van der Waals surface area contributed by atoms with Gasteiger partial charge in [-0.3, -0.25) is 4.79 Å². The zero-order chi connectivity index (χ0) is 19.6. The molecule has 0 spiro atoms. The second-order valence-corrected chi connectivity index (χ2v) is 6.73. The molecule has 0 bridgehead atoms. The van der Waals surface area contributed by atoms with Crippen molar-refractivity contribution in [2.24, 2.45) is 5.92 Å². The van der Waals surface area contributed by atoms with Gasteiger partial charge in [-0.1, -0.05) is 32.9 Å². The van der Waals surface area contributed by atoms with Crippen LogP contribution in [0.5, 0.6) is 5.75 Å². The van der Waals surface area contributed by atoms with Crippen molar-refractivity contribution in [3.05, 3.63) is 59.7 Å². The smallest absolute Gasteiger partial charge is 0.338 e. The third-order valence-corrected chi connectivity index (χ3v) is 4.03. The minimum absolute atomic E-state index is 0.0789. The van der Waals surface area contributed by atoms with Crippen LogP contribution >= 0.6 is 0 Å². The van der Waals surface area contributed by atoms with E-state index in [1.54, 1.807) is 24.3 Å². The molecule has 5 nitrogen and oxygen atoms in total. The highest BCUT2D eigenvalue weighted by molar-refractivity contribution is 5.93. The van der Waals surface area contributed by atoms with Crippen LogP contribution in [-0.4, -0.2) is 25.1 Å². The number of benzene rings is 2. The van der Waals surface area contributed by atoms with E-state index in [9.17, 15) is 9.59 Å². The maximum absolute atomic E-state index is 12.0. The van der Waals surface area contributed by atoms with Crippen molar-refractivity contribution in [2.45, 2.75) is 33.6 Å². The van der Waals surface area contributed by atoms with Gasteiger partial charge in [-0.05, 0) is 60.7 Å². The van der Waals surface area contributed by atoms with Gasteiger partial charge in [0.2, 0.25) is 0 Å². The first kappa shape index (κ1) is 20.5. The number of rotatable bonds is 9. The molecule has 27 heavy (non-hydrogen) atoms. The van der Waals surface area contributed by atoms with Crippen LogP contribution in [0.15, 0.2) is 48.5 Å². The Labute approximate surface area is 160 Å². The van der Waals surface area contributed by atoms with Crippen molar-refractivity contribution in [2.75, 3.05) is 18.5 Å². The monoisotopic (exact) mass is 369 g/mol. The minimum Gasteiger partial charge on any atom is -0.484 e. The first-order chi connectivity index (χ1) is 13.0. The second kappa shape index (κ2) is 10.4.